The molecule has 1 fully saturated rings. The van der Waals surface area contributed by atoms with E-state index < -0.39 is 0 Å². The van der Waals surface area contributed by atoms with E-state index in [0.717, 1.165) is 38.6 Å². The summed E-state index contributed by atoms with van der Waals surface area (Å²) in [5, 5.41) is 0. The summed E-state index contributed by atoms with van der Waals surface area (Å²) in [6.45, 7) is 5.05. The fourth-order valence-corrected chi connectivity index (χ4v) is 3.08. The van der Waals surface area contributed by atoms with Crippen LogP contribution in [0.4, 0.5) is 0 Å². The van der Waals surface area contributed by atoms with Gasteiger partial charge in [0, 0.05) is 25.0 Å². The maximum absolute atomic E-state index is 12.3. The Hall–Kier alpha value is -1.35. The van der Waals surface area contributed by atoms with E-state index in [2.05, 4.69) is 38.1 Å². The summed E-state index contributed by atoms with van der Waals surface area (Å²) in [6, 6.07) is 9.25. The van der Waals surface area contributed by atoms with Crippen LogP contribution < -0.4 is 5.73 Å². The Morgan fingerprint density at radius 2 is 2.00 bits per heavy atom. The predicted molar refractivity (Wildman–Crippen MR) is 87.1 cm³/mol. The van der Waals surface area contributed by atoms with E-state index >= 15 is 0 Å². The molecule has 1 amide bonds. The van der Waals surface area contributed by atoms with E-state index in [-0.39, 0.29) is 6.04 Å². The minimum atomic E-state index is 0.269. The van der Waals surface area contributed by atoms with Crippen molar-refractivity contribution in [2.45, 2.75) is 64.5 Å². The lowest BCUT2D eigenvalue weighted by molar-refractivity contribution is -0.134. The molecule has 3 nitrogen and oxygen atoms in total. The Morgan fingerprint density at radius 1 is 1.29 bits per heavy atom. The summed E-state index contributed by atoms with van der Waals surface area (Å²) >= 11 is 0. The second-order valence-corrected chi connectivity index (χ2v) is 6.41. The Balaban J connectivity index is 1.68. The summed E-state index contributed by atoms with van der Waals surface area (Å²) < 4.78 is 0. The van der Waals surface area contributed by atoms with E-state index in [0.29, 0.717) is 18.4 Å². The molecular formula is C18H28N2O. The third-order valence-corrected chi connectivity index (χ3v) is 4.46. The molecule has 1 aliphatic heterocycles. The quantitative estimate of drug-likeness (QED) is 0.847. The van der Waals surface area contributed by atoms with Crippen LogP contribution in [0.5, 0.6) is 0 Å². The molecule has 0 aromatic heterocycles. The smallest absolute Gasteiger partial charge is 0.222 e. The lowest BCUT2D eigenvalue weighted by Gasteiger charge is -2.36. The first-order valence-corrected chi connectivity index (χ1v) is 8.17. The van der Waals surface area contributed by atoms with Gasteiger partial charge in [0.25, 0.3) is 0 Å². The molecule has 1 aromatic rings. The van der Waals surface area contributed by atoms with Gasteiger partial charge in [0.15, 0.2) is 0 Å². The molecule has 2 rings (SSSR count). The molecular weight excluding hydrogens is 260 g/mol. The van der Waals surface area contributed by atoms with Crippen LogP contribution in [0.1, 0.15) is 50.2 Å². The molecule has 3 heteroatoms. The van der Waals surface area contributed by atoms with Crippen molar-refractivity contribution >= 4 is 5.91 Å². The maximum Gasteiger partial charge on any atom is 0.222 e. The van der Waals surface area contributed by atoms with Crippen molar-refractivity contribution in [1.29, 1.82) is 0 Å². The zero-order valence-electron chi connectivity index (χ0n) is 13.3. The number of hydrogen-bond donors (Lipinski definition) is 1. The molecule has 1 heterocycles. The number of piperidine rings is 1. The van der Waals surface area contributed by atoms with Gasteiger partial charge in [-0.1, -0.05) is 29.8 Å². The van der Waals surface area contributed by atoms with Gasteiger partial charge in [-0.3, -0.25) is 4.79 Å². The highest BCUT2D eigenvalue weighted by atomic mass is 16.2. The van der Waals surface area contributed by atoms with Crippen molar-refractivity contribution in [3.8, 4) is 0 Å². The van der Waals surface area contributed by atoms with Gasteiger partial charge in [0.1, 0.15) is 0 Å². The minimum absolute atomic E-state index is 0.269. The molecule has 0 spiro atoms. The highest BCUT2D eigenvalue weighted by Crippen LogP contribution is 2.18. The van der Waals surface area contributed by atoms with Crippen molar-refractivity contribution in [2.24, 2.45) is 5.73 Å². The Morgan fingerprint density at radius 3 is 2.67 bits per heavy atom. The highest BCUT2D eigenvalue weighted by Gasteiger charge is 2.26. The molecule has 1 aliphatic rings. The van der Waals surface area contributed by atoms with Gasteiger partial charge in [-0.05, 0) is 51.5 Å². The number of aryl methyl sites for hydroxylation is 2. The number of nitrogens with two attached hydrogens (primary N) is 1. The zero-order valence-corrected chi connectivity index (χ0v) is 13.3. The zero-order chi connectivity index (χ0) is 15.2. The number of likely N-dealkylation sites (tertiary alicyclic amines) is 1. The number of carbonyl (C=O) groups is 1. The summed E-state index contributed by atoms with van der Waals surface area (Å²) in [6.07, 6.45) is 5.67. The fraction of sp³-hybridized carbons (Fsp3) is 0.611. The summed E-state index contributed by atoms with van der Waals surface area (Å²) in [5.41, 5.74) is 8.61. The highest BCUT2D eigenvalue weighted by molar-refractivity contribution is 5.76. The first-order valence-electron chi connectivity index (χ1n) is 8.17. The van der Waals surface area contributed by atoms with Crippen molar-refractivity contribution < 1.29 is 4.79 Å². The molecule has 0 bridgehead atoms. The number of amides is 1. The standard InChI is InChI=1S/C18H28N2O/c1-14-7-9-16(10-8-14)5-3-4-6-18(21)20-12-11-17(19)13-15(20)2/h7-10,15,17H,3-6,11-13,19H2,1-2H3/t15-,17-/m1/s1. The van der Waals surface area contributed by atoms with Crippen LogP contribution in [0.3, 0.4) is 0 Å². The first-order chi connectivity index (χ1) is 10.1. The summed E-state index contributed by atoms with van der Waals surface area (Å²) in [7, 11) is 0. The van der Waals surface area contributed by atoms with Gasteiger partial charge in [0.2, 0.25) is 5.91 Å². The molecule has 0 unspecified atom stereocenters. The monoisotopic (exact) mass is 288 g/mol. The Bertz CT molecular complexity index is 455. The number of rotatable bonds is 5. The van der Waals surface area contributed by atoms with E-state index in [1.165, 1.54) is 11.1 Å². The Labute approximate surface area is 128 Å². The first kappa shape index (κ1) is 16.0. The third kappa shape index (κ3) is 4.85. The minimum Gasteiger partial charge on any atom is -0.340 e. The van der Waals surface area contributed by atoms with Crippen LogP contribution in [-0.2, 0) is 11.2 Å². The van der Waals surface area contributed by atoms with Gasteiger partial charge in [-0.15, -0.1) is 0 Å². The van der Waals surface area contributed by atoms with Crippen molar-refractivity contribution in [1.82, 2.24) is 4.90 Å². The van der Waals surface area contributed by atoms with Crippen LogP contribution in [0, 0.1) is 6.92 Å². The number of benzene rings is 1. The van der Waals surface area contributed by atoms with Crippen LogP contribution >= 0.6 is 0 Å². The van der Waals surface area contributed by atoms with E-state index in [1.54, 1.807) is 0 Å². The molecule has 21 heavy (non-hydrogen) atoms. The lowest BCUT2D eigenvalue weighted by Crippen LogP contribution is -2.48. The molecule has 2 N–H and O–H groups in total. The second kappa shape index (κ2) is 7.60. The van der Waals surface area contributed by atoms with E-state index in [1.807, 2.05) is 4.90 Å². The summed E-state index contributed by atoms with van der Waals surface area (Å²) in [5.74, 6) is 0.304. The second-order valence-electron chi connectivity index (χ2n) is 6.41. The van der Waals surface area contributed by atoms with Crippen molar-refractivity contribution in [3.05, 3.63) is 35.4 Å². The predicted octanol–water partition coefficient (Wildman–Crippen LogP) is 3.05. The van der Waals surface area contributed by atoms with Gasteiger partial charge < -0.3 is 10.6 Å². The molecule has 0 saturated carbocycles. The average molecular weight is 288 g/mol. The molecule has 0 radical (unpaired) electrons. The SMILES string of the molecule is Cc1ccc(CCCCC(=O)N2CC[C@@H](N)C[C@H]2C)cc1. The molecule has 2 atom stereocenters. The largest absolute Gasteiger partial charge is 0.340 e. The number of unbranched alkanes of at least 4 members (excludes halogenated alkanes) is 1. The lowest BCUT2D eigenvalue weighted by atomic mass is 9.98. The van der Waals surface area contributed by atoms with Gasteiger partial charge >= 0.3 is 0 Å². The van der Waals surface area contributed by atoms with Crippen LogP contribution in [0.2, 0.25) is 0 Å². The van der Waals surface area contributed by atoms with Crippen molar-refractivity contribution in [2.75, 3.05) is 6.54 Å². The van der Waals surface area contributed by atoms with Crippen LogP contribution in [0.25, 0.3) is 0 Å². The number of carbonyl (C=O) groups excluding carboxylic acids is 1. The topological polar surface area (TPSA) is 46.3 Å². The fourth-order valence-electron chi connectivity index (χ4n) is 3.08. The third-order valence-electron chi connectivity index (χ3n) is 4.46. The molecule has 0 aliphatic carbocycles. The van der Waals surface area contributed by atoms with Crippen LogP contribution in [0.15, 0.2) is 24.3 Å². The van der Waals surface area contributed by atoms with E-state index in [4.69, 9.17) is 5.73 Å². The molecule has 1 saturated heterocycles. The normalized spacial score (nSPS) is 22.3. The molecule has 116 valence electrons. The number of hydrogen-bond acceptors (Lipinski definition) is 2. The number of nitrogens with zero attached hydrogens (tertiary/aromatic N) is 1. The van der Waals surface area contributed by atoms with Crippen LogP contribution in [-0.4, -0.2) is 29.4 Å². The summed E-state index contributed by atoms with van der Waals surface area (Å²) in [4.78, 5) is 14.3. The maximum atomic E-state index is 12.3. The van der Waals surface area contributed by atoms with Gasteiger partial charge in [-0.25, -0.2) is 0 Å². The van der Waals surface area contributed by atoms with Gasteiger partial charge in [-0.2, -0.15) is 0 Å². The Kier molecular flexibility index (Phi) is 5.80. The van der Waals surface area contributed by atoms with E-state index in [9.17, 15) is 4.79 Å². The van der Waals surface area contributed by atoms with Crippen molar-refractivity contribution in [3.63, 3.8) is 0 Å². The molecule has 1 aromatic carbocycles. The average Bonchev–Trinajstić information content (AvgIpc) is 2.45. The van der Waals surface area contributed by atoms with Gasteiger partial charge in [0.05, 0.1) is 0 Å².